The molecule has 2 fully saturated rings. The lowest BCUT2D eigenvalue weighted by atomic mass is 10.1. The van der Waals surface area contributed by atoms with E-state index in [-0.39, 0.29) is 23.8 Å². The van der Waals surface area contributed by atoms with Crippen LogP contribution in [0, 0.1) is 5.92 Å². The number of nitrogens with zero attached hydrogens (tertiary/aromatic N) is 3. The van der Waals surface area contributed by atoms with E-state index in [2.05, 4.69) is 10.2 Å². The molecular formula is C16H28N4O3. The second kappa shape index (κ2) is 6.86. The molecule has 7 heteroatoms. The number of amides is 4. The highest BCUT2D eigenvalue weighted by Gasteiger charge is 2.43. The molecule has 2 heterocycles. The number of nitrogens with one attached hydrogen (secondary N) is 1. The predicted molar refractivity (Wildman–Crippen MR) is 86.8 cm³/mol. The van der Waals surface area contributed by atoms with Crippen LogP contribution in [-0.2, 0) is 9.59 Å². The van der Waals surface area contributed by atoms with Crippen molar-refractivity contribution in [3.05, 3.63) is 0 Å². The number of imide groups is 1. The third kappa shape index (κ3) is 4.02. The second-order valence-electron chi connectivity index (χ2n) is 7.19. The third-order valence-electron chi connectivity index (χ3n) is 4.48. The quantitative estimate of drug-likeness (QED) is 0.748. The number of urea groups is 1. The Morgan fingerprint density at radius 2 is 1.74 bits per heavy atom. The number of carbonyl (C=O) groups excluding carboxylic acids is 3. The molecule has 2 rings (SSSR count). The Hall–Kier alpha value is -1.63. The van der Waals surface area contributed by atoms with Gasteiger partial charge in [0, 0.05) is 38.6 Å². The summed E-state index contributed by atoms with van der Waals surface area (Å²) in [6.07, 6.45) is 0.757. The van der Waals surface area contributed by atoms with E-state index in [1.54, 1.807) is 13.8 Å². The average Bonchev–Trinajstić information content (AvgIpc) is 2.68. The summed E-state index contributed by atoms with van der Waals surface area (Å²) in [7, 11) is 0. The first-order valence-corrected chi connectivity index (χ1v) is 8.37. The molecule has 0 spiro atoms. The lowest BCUT2D eigenvalue weighted by molar-refractivity contribution is -0.136. The molecular weight excluding hydrogens is 296 g/mol. The standard InChI is InChI=1S/C16H28N4O3/c1-12(2)13(21)19-10-8-18(9-11-19)6-5-7-20-14(22)16(3,4)17-15(20)23/h12H,5-11H2,1-4H3,(H,17,23). The molecule has 0 aromatic rings. The van der Waals surface area contributed by atoms with E-state index in [1.165, 1.54) is 4.90 Å². The van der Waals surface area contributed by atoms with Gasteiger partial charge in [0.05, 0.1) is 0 Å². The smallest absolute Gasteiger partial charge is 0.325 e. The van der Waals surface area contributed by atoms with Crippen molar-refractivity contribution < 1.29 is 14.4 Å². The summed E-state index contributed by atoms with van der Waals surface area (Å²) in [5.41, 5.74) is -0.792. The number of rotatable bonds is 5. The molecule has 0 radical (unpaired) electrons. The normalized spacial score (nSPS) is 22.0. The first kappa shape index (κ1) is 17.7. The van der Waals surface area contributed by atoms with E-state index in [1.807, 2.05) is 18.7 Å². The summed E-state index contributed by atoms with van der Waals surface area (Å²) >= 11 is 0. The summed E-state index contributed by atoms with van der Waals surface area (Å²) < 4.78 is 0. The van der Waals surface area contributed by atoms with Crippen LogP contribution in [0.3, 0.4) is 0 Å². The van der Waals surface area contributed by atoms with Gasteiger partial charge in [-0.05, 0) is 26.8 Å². The van der Waals surface area contributed by atoms with Crippen LogP contribution in [0.15, 0.2) is 0 Å². The zero-order valence-corrected chi connectivity index (χ0v) is 14.6. The highest BCUT2D eigenvalue weighted by atomic mass is 16.2. The van der Waals surface area contributed by atoms with Crippen molar-refractivity contribution in [2.75, 3.05) is 39.3 Å². The van der Waals surface area contributed by atoms with Gasteiger partial charge in [0.2, 0.25) is 5.91 Å². The number of hydrogen-bond donors (Lipinski definition) is 1. The van der Waals surface area contributed by atoms with Crippen LogP contribution in [0.25, 0.3) is 0 Å². The third-order valence-corrected chi connectivity index (χ3v) is 4.48. The fourth-order valence-corrected chi connectivity index (χ4v) is 3.03. The summed E-state index contributed by atoms with van der Waals surface area (Å²) in [6.45, 7) is 11.8. The molecule has 4 amide bonds. The minimum Gasteiger partial charge on any atom is -0.340 e. The highest BCUT2D eigenvalue weighted by molar-refractivity contribution is 6.06. The van der Waals surface area contributed by atoms with Gasteiger partial charge in [0.15, 0.2) is 0 Å². The topological polar surface area (TPSA) is 73.0 Å². The Morgan fingerprint density at radius 3 is 2.22 bits per heavy atom. The Labute approximate surface area is 138 Å². The first-order chi connectivity index (χ1) is 10.7. The Bertz CT molecular complexity index is 482. The van der Waals surface area contributed by atoms with E-state index in [0.717, 1.165) is 39.1 Å². The molecule has 0 aromatic heterocycles. The van der Waals surface area contributed by atoms with Gasteiger partial charge in [-0.2, -0.15) is 0 Å². The van der Waals surface area contributed by atoms with Crippen molar-refractivity contribution in [3.8, 4) is 0 Å². The molecule has 2 aliphatic rings. The Morgan fingerprint density at radius 1 is 1.13 bits per heavy atom. The largest absolute Gasteiger partial charge is 0.340 e. The maximum Gasteiger partial charge on any atom is 0.325 e. The summed E-state index contributed by atoms with van der Waals surface area (Å²) in [4.78, 5) is 41.3. The monoisotopic (exact) mass is 324 g/mol. The van der Waals surface area contributed by atoms with Gasteiger partial charge in [-0.1, -0.05) is 13.8 Å². The van der Waals surface area contributed by atoms with Gasteiger partial charge >= 0.3 is 6.03 Å². The molecule has 2 saturated heterocycles. The predicted octanol–water partition coefficient (Wildman–Crippen LogP) is 0.507. The van der Waals surface area contributed by atoms with Crippen LogP contribution in [0.5, 0.6) is 0 Å². The maximum absolute atomic E-state index is 12.1. The molecule has 2 aliphatic heterocycles. The van der Waals surface area contributed by atoms with Gasteiger partial charge < -0.3 is 10.2 Å². The van der Waals surface area contributed by atoms with Gasteiger partial charge in [0.25, 0.3) is 5.91 Å². The van der Waals surface area contributed by atoms with Crippen molar-refractivity contribution in [3.63, 3.8) is 0 Å². The van der Waals surface area contributed by atoms with Crippen LogP contribution < -0.4 is 5.32 Å². The molecule has 0 atom stereocenters. The Kier molecular flexibility index (Phi) is 5.29. The molecule has 0 unspecified atom stereocenters. The molecule has 7 nitrogen and oxygen atoms in total. The lowest BCUT2D eigenvalue weighted by Crippen LogP contribution is -2.50. The van der Waals surface area contributed by atoms with E-state index < -0.39 is 5.54 Å². The van der Waals surface area contributed by atoms with Crippen molar-refractivity contribution in [2.45, 2.75) is 39.7 Å². The van der Waals surface area contributed by atoms with E-state index in [4.69, 9.17) is 0 Å². The maximum atomic E-state index is 12.1. The zero-order chi connectivity index (χ0) is 17.2. The molecule has 1 N–H and O–H groups in total. The molecule has 0 saturated carbocycles. The minimum atomic E-state index is -0.792. The lowest BCUT2D eigenvalue weighted by Gasteiger charge is -2.35. The number of hydrogen-bond acceptors (Lipinski definition) is 4. The van der Waals surface area contributed by atoms with Crippen LogP contribution in [0.1, 0.15) is 34.1 Å². The van der Waals surface area contributed by atoms with E-state index in [0.29, 0.717) is 6.54 Å². The van der Waals surface area contributed by atoms with Gasteiger partial charge in [-0.3, -0.25) is 19.4 Å². The Balaban J connectivity index is 1.71. The van der Waals surface area contributed by atoms with E-state index >= 15 is 0 Å². The highest BCUT2D eigenvalue weighted by Crippen LogP contribution is 2.17. The molecule has 0 bridgehead atoms. The van der Waals surface area contributed by atoms with Crippen LogP contribution in [0.4, 0.5) is 4.79 Å². The van der Waals surface area contributed by atoms with Crippen molar-refractivity contribution >= 4 is 17.8 Å². The number of piperazine rings is 1. The van der Waals surface area contributed by atoms with Gasteiger partial charge in [-0.25, -0.2) is 4.79 Å². The fraction of sp³-hybridized carbons (Fsp3) is 0.812. The van der Waals surface area contributed by atoms with Crippen molar-refractivity contribution in [2.24, 2.45) is 5.92 Å². The van der Waals surface area contributed by atoms with Crippen LogP contribution in [-0.4, -0.2) is 77.4 Å². The van der Waals surface area contributed by atoms with Crippen molar-refractivity contribution in [1.29, 1.82) is 0 Å². The van der Waals surface area contributed by atoms with Crippen LogP contribution in [0.2, 0.25) is 0 Å². The van der Waals surface area contributed by atoms with E-state index in [9.17, 15) is 14.4 Å². The first-order valence-electron chi connectivity index (χ1n) is 8.37. The zero-order valence-electron chi connectivity index (χ0n) is 14.6. The molecule has 130 valence electrons. The summed E-state index contributed by atoms with van der Waals surface area (Å²) in [5.74, 6) is 0.102. The molecule has 23 heavy (non-hydrogen) atoms. The molecule has 0 aliphatic carbocycles. The summed E-state index contributed by atoms with van der Waals surface area (Å²) in [5, 5.41) is 2.69. The minimum absolute atomic E-state index is 0.0459. The van der Waals surface area contributed by atoms with Gasteiger partial charge in [-0.15, -0.1) is 0 Å². The summed E-state index contributed by atoms with van der Waals surface area (Å²) in [6, 6.07) is -0.299. The second-order valence-corrected chi connectivity index (χ2v) is 7.19. The fourth-order valence-electron chi connectivity index (χ4n) is 3.03. The van der Waals surface area contributed by atoms with Crippen LogP contribution >= 0.6 is 0 Å². The van der Waals surface area contributed by atoms with Gasteiger partial charge in [0.1, 0.15) is 5.54 Å². The number of carbonyl (C=O) groups is 3. The SMILES string of the molecule is CC(C)C(=O)N1CCN(CCCN2C(=O)NC(C)(C)C2=O)CC1. The molecule has 0 aromatic carbocycles. The average molecular weight is 324 g/mol. The van der Waals surface area contributed by atoms with Crippen molar-refractivity contribution in [1.82, 2.24) is 20.0 Å².